The maximum absolute atomic E-state index is 12.4. The fourth-order valence-electron chi connectivity index (χ4n) is 6.25. The zero-order chi connectivity index (χ0) is 37.3. The Kier molecular flexibility index (Phi) is 24.0. The molecule has 51 heavy (non-hydrogen) atoms. The van der Waals surface area contributed by atoms with Crippen molar-refractivity contribution in [2.45, 2.75) is 173 Å². The van der Waals surface area contributed by atoms with Crippen LogP contribution in [0.5, 0.6) is 0 Å². The molecule has 294 valence electrons. The maximum Gasteiger partial charge on any atom is 0.330 e. The summed E-state index contributed by atoms with van der Waals surface area (Å²) in [5.41, 5.74) is -1.36. The highest BCUT2D eigenvalue weighted by atomic mass is 31.1. The number of esters is 1. The highest BCUT2D eigenvalue weighted by Gasteiger charge is 2.48. The Morgan fingerprint density at radius 3 is 2.04 bits per heavy atom. The summed E-state index contributed by atoms with van der Waals surface area (Å²) < 4.78 is 34.6. The predicted octanol–water partition coefficient (Wildman–Crippen LogP) is 5.45. The van der Waals surface area contributed by atoms with E-state index in [2.05, 4.69) is 17.2 Å². The molecule has 1 saturated heterocycles. The molecule has 1 aromatic heterocycles. The number of H-pyrrole nitrogens is 1. The van der Waals surface area contributed by atoms with Gasteiger partial charge >= 0.3 is 19.9 Å². The topological polar surface area (TPSA) is 195 Å². The molecule has 0 aliphatic carbocycles. The van der Waals surface area contributed by atoms with Crippen molar-refractivity contribution < 1.29 is 42.9 Å². The minimum absolute atomic E-state index is 0.200. The first-order valence-corrected chi connectivity index (χ1v) is 20.5. The van der Waals surface area contributed by atoms with E-state index in [1.54, 1.807) is 6.92 Å². The lowest BCUT2D eigenvalue weighted by molar-refractivity contribution is -0.154. The summed E-state index contributed by atoms with van der Waals surface area (Å²) in [6, 6.07) is 1.13. The molecule has 0 radical (unpaired) electrons. The lowest BCUT2D eigenvalue weighted by Gasteiger charge is -2.24. The van der Waals surface area contributed by atoms with Crippen LogP contribution in [0.3, 0.4) is 0 Å². The zero-order valence-electron chi connectivity index (χ0n) is 30.8. The number of nitrogens with zero attached hydrogens (tertiary/aromatic N) is 1. The Hall–Kier alpha value is -2.35. The average molecular weight is 746 g/mol. The second kappa shape index (κ2) is 27.3. The molecule has 0 saturated carbocycles. The first-order chi connectivity index (χ1) is 24.7. The molecule has 15 heteroatoms. The van der Waals surface area contributed by atoms with Crippen molar-refractivity contribution in [1.82, 2.24) is 14.9 Å². The van der Waals surface area contributed by atoms with Crippen LogP contribution in [0.15, 0.2) is 21.9 Å². The smallest absolute Gasteiger partial charge is 0.330 e. The van der Waals surface area contributed by atoms with Crippen LogP contribution in [0, 0.1) is 0 Å². The molecule has 14 nitrogen and oxygen atoms in total. The van der Waals surface area contributed by atoms with Gasteiger partial charge in [0.2, 0.25) is 0 Å². The molecule has 1 fully saturated rings. The number of amides is 1. The summed E-state index contributed by atoms with van der Waals surface area (Å²) in [6.07, 6.45) is 18.1. The molecule has 1 aromatic rings. The van der Waals surface area contributed by atoms with Crippen molar-refractivity contribution in [3.63, 3.8) is 0 Å². The van der Waals surface area contributed by atoms with E-state index >= 15 is 0 Å². The van der Waals surface area contributed by atoms with Gasteiger partial charge in [0.1, 0.15) is 18.3 Å². The van der Waals surface area contributed by atoms with Gasteiger partial charge in [-0.25, -0.2) is 4.79 Å². The molecule has 1 aliphatic rings. The van der Waals surface area contributed by atoms with Crippen LogP contribution in [0.4, 0.5) is 0 Å². The Balaban J connectivity index is 1.52. The van der Waals surface area contributed by atoms with Gasteiger partial charge in [-0.05, 0) is 26.2 Å². The second-order valence-corrected chi connectivity index (χ2v) is 14.3. The maximum atomic E-state index is 12.4. The third-order valence-corrected chi connectivity index (χ3v) is 9.64. The zero-order valence-corrected chi connectivity index (χ0v) is 31.8. The van der Waals surface area contributed by atoms with Gasteiger partial charge < -0.3 is 34.1 Å². The number of unbranched alkanes of at least 4 members (excludes halogenated alkanes) is 17. The van der Waals surface area contributed by atoms with Gasteiger partial charge in [-0.1, -0.05) is 110 Å². The van der Waals surface area contributed by atoms with Crippen LogP contribution in [-0.4, -0.2) is 75.6 Å². The minimum atomic E-state index is -3.42. The number of aliphatic hydroxyl groups excluding tert-OH is 1. The van der Waals surface area contributed by atoms with E-state index in [0.29, 0.717) is 25.8 Å². The second-order valence-electron chi connectivity index (χ2n) is 13.5. The van der Waals surface area contributed by atoms with Crippen LogP contribution in [-0.2, 0) is 32.9 Å². The number of ether oxygens (including phenoxy) is 3. The number of aromatic nitrogens is 2. The molecule has 0 bridgehead atoms. The summed E-state index contributed by atoms with van der Waals surface area (Å²) in [7, 11) is -3.42. The molecule has 0 aromatic carbocycles. The first kappa shape index (κ1) is 44.8. The van der Waals surface area contributed by atoms with Crippen LogP contribution >= 0.6 is 8.25 Å². The van der Waals surface area contributed by atoms with Crippen molar-refractivity contribution in [3.8, 4) is 0 Å². The van der Waals surface area contributed by atoms with Gasteiger partial charge in [0.25, 0.3) is 11.5 Å². The van der Waals surface area contributed by atoms with Crippen molar-refractivity contribution in [2.75, 3.05) is 19.8 Å². The standard InChI is InChI=1S/C36H64N3O11P/c1-3-4-5-6-7-8-9-10-11-12-13-14-15-16-19-22-31(42)48-28(2)34(43)37-24-20-17-18-21-26-47-33-32(50-51(45)46)29(27-40)49-35(33)39-25-23-30(41)38-36(39)44/h23,25,28-29,32-33,35,40,51H,3-22,24,26-27H2,1-2H3,(H,37,43)(H,45,46)(H,38,41,44)/t28?,29-,32?,33?,35-/m1/s1. The molecule has 2 heterocycles. The van der Waals surface area contributed by atoms with Gasteiger partial charge in [-0.3, -0.25) is 28.5 Å². The van der Waals surface area contributed by atoms with Crippen LogP contribution in [0.2, 0.25) is 0 Å². The Morgan fingerprint density at radius 2 is 1.47 bits per heavy atom. The number of hydrogen-bond donors (Lipinski definition) is 4. The summed E-state index contributed by atoms with van der Waals surface area (Å²) in [5.74, 6) is -0.683. The van der Waals surface area contributed by atoms with E-state index in [1.807, 2.05) is 0 Å². The van der Waals surface area contributed by atoms with Crippen LogP contribution in [0.25, 0.3) is 0 Å². The van der Waals surface area contributed by atoms with Crippen molar-refractivity contribution >= 4 is 20.1 Å². The lowest BCUT2D eigenvalue weighted by Crippen LogP contribution is -2.40. The summed E-state index contributed by atoms with van der Waals surface area (Å²) in [4.78, 5) is 60.0. The number of carbonyl (C=O) groups excluding carboxylic acids is 2. The monoisotopic (exact) mass is 745 g/mol. The molecule has 1 amide bonds. The Morgan fingerprint density at radius 1 is 0.902 bits per heavy atom. The van der Waals surface area contributed by atoms with E-state index in [4.69, 9.17) is 18.7 Å². The quantitative estimate of drug-likeness (QED) is 0.0444. The number of rotatable bonds is 30. The highest BCUT2D eigenvalue weighted by Crippen LogP contribution is 2.37. The molecule has 4 N–H and O–H groups in total. The van der Waals surface area contributed by atoms with Gasteiger partial charge in [0, 0.05) is 31.8 Å². The number of aliphatic hydroxyl groups is 1. The molecule has 0 spiro atoms. The fourth-order valence-corrected chi connectivity index (χ4v) is 6.77. The van der Waals surface area contributed by atoms with Gasteiger partial charge in [0.15, 0.2) is 12.3 Å². The lowest BCUT2D eigenvalue weighted by atomic mass is 10.0. The number of aromatic amines is 1. The van der Waals surface area contributed by atoms with Crippen LogP contribution in [0.1, 0.15) is 148 Å². The van der Waals surface area contributed by atoms with Crippen molar-refractivity contribution in [2.24, 2.45) is 0 Å². The summed E-state index contributed by atoms with van der Waals surface area (Å²) >= 11 is 0. The first-order valence-electron chi connectivity index (χ1n) is 19.2. The van der Waals surface area contributed by atoms with Crippen molar-refractivity contribution in [1.29, 1.82) is 0 Å². The summed E-state index contributed by atoms with van der Waals surface area (Å²) in [5, 5.41) is 12.5. The highest BCUT2D eigenvalue weighted by molar-refractivity contribution is 7.32. The van der Waals surface area contributed by atoms with Crippen molar-refractivity contribution in [3.05, 3.63) is 33.1 Å². The van der Waals surface area contributed by atoms with Crippen LogP contribution < -0.4 is 16.6 Å². The Bertz CT molecular complexity index is 1240. The minimum Gasteiger partial charge on any atom is -0.453 e. The molecule has 1 aliphatic heterocycles. The van der Waals surface area contributed by atoms with E-state index < -0.39 is 56.8 Å². The van der Waals surface area contributed by atoms with Gasteiger partial charge in [0.05, 0.1) is 6.61 Å². The molecule has 2 rings (SSSR count). The normalized spacial score (nSPS) is 19.9. The number of hydrogen-bond acceptors (Lipinski definition) is 10. The molecule has 6 atom stereocenters. The number of carbonyl (C=O) groups is 2. The molecular weight excluding hydrogens is 681 g/mol. The van der Waals surface area contributed by atoms with Gasteiger partial charge in [-0.15, -0.1) is 0 Å². The number of nitrogens with one attached hydrogen (secondary N) is 2. The molecule has 4 unspecified atom stereocenters. The van der Waals surface area contributed by atoms with Gasteiger partial charge in [-0.2, -0.15) is 0 Å². The fraction of sp³-hybridized carbons (Fsp3) is 0.833. The predicted molar refractivity (Wildman–Crippen MR) is 195 cm³/mol. The van der Waals surface area contributed by atoms with E-state index in [0.717, 1.165) is 42.7 Å². The Labute approximate surface area is 303 Å². The van der Waals surface area contributed by atoms with E-state index in [9.17, 15) is 33.7 Å². The summed E-state index contributed by atoms with van der Waals surface area (Å²) in [6.45, 7) is 3.91. The SMILES string of the molecule is CCCCCCCCCCCCCCCCCC(=O)OC(C)C(=O)NCCCCCCOC1C(O[PH](=O)O)[C@@H](CO)O[C@H]1n1ccc(=O)[nH]c1=O. The molecular formula is C36H64N3O11P. The largest absolute Gasteiger partial charge is 0.453 e. The van der Waals surface area contributed by atoms with E-state index in [-0.39, 0.29) is 18.5 Å². The third kappa shape index (κ3) is 18.8. The van der Waals surface area contributed by atoms with E-state index in [1.165, 1.54) is 83.2 Å². The average Bonchev–Trinajstić information content (AvgIpc) is 3.43. The third-order valence-electron chi connectivity index (χ3n) is 9.17.